The van der Waals surface area contributed by atoms with Gasteiger partial charge in [-0.2, -0.15) is 0 Å². The molecule has 2 heterocycles. The Balaban J connectivity index is 1.44. The number of halogens is 1. The number of carbonyl (C=O) groups is 1. The van der Waals surface area contributed by atoms with Gasteiger partial charge in [-0.3, -0.25) is 4.79 Å². The molecule has 0 radical (unpaired) electrons. The Kier molecular flexibility index (Phi) is 7.07. The number of amides is 1. The average molecular weight is 462 g/mol. The van der Waals surface area contributed by atoms with E-state index in [1.807, 2.05) is 17.7 Å². The summed E-state index contributed by atoms with van der Waals surface area (Å²) in [7, 11) is 3.37. The largest absolute Gasteiger partial charge is 0.496 e. The molecular weight excluding hydrogens is 437 g/mol. The highest BCUT2D eigenvalue weighted by Gasteiger charge is 2.19. The number of rotatable bonds is 9. The van der Waals surface area contributed by atoms with Crippen molar-refractivity contribution >= 4 is 11.6 Å². The first-order chi connectivity index (χ1) is 16.6. The minimum absolute atomic E-state index is 0.383. The average Bonchev–Trinajstić information content (AvgIpc) is 3.26. The number of methoxy groups -OCH3 is 1. The SMILES string of the molecule is COc1ccccc1[C@@H](CF)NC(=O)c1cccc(NCc2nnc(-c3ccncn3)n2C)c1. The minimum atomic E-state index is -0.820. The summed E-state index contributed by atoms with van der Waals surface area (Å²) in [6.45, 7) is -0.376. The van der Waals surface area contributed by atoms with Crippen LogP contribution in [0.4, 0.5) is 10.1 Å². The van der Waals surface area contributed by atoms with Gasteiger partial charge < -0.3 is 19.9 Å². The molecule has 0 spiro atoms. The van der Waals surface area contributed by atoms with Crippen molar-refractivity contribution in [2.24, 2.45) is 7.05 Å². The number of nitrogens with one attached hydrogen (secondary N) is 2. The van der Waals surface area contributed by atoms with Gasteiger partial charge in [-0.15, -0.1) is 10.2 Å². The van der Waals surface area contributed by atoms with Gasteiger partial charge in [-0.05, 0) is 30.3 Å². The number of hydrogen-bond donors (Lipinski definition) is 2. The van der Waals surface area contributed by atoms with E-state index in [0.29, 0.717) is 46.5 Å². The van der Waals surface area contributed by atoms with E-state index in [1.54, 1.807) is 54.7 Å². The monoisotopic (exact) mass is 461 g/mol. The lowest BCUT2D eigenvalue weighted by atomic mass is 10.1. The topological polar surface area (TPSA) is 107 Å². The summed E-state index contributed by atoms with van der Waals surface area (Å²) in [5.74, 6) is 1.45. The summed E-state index contributed by atoms with van der Waals surface area (Å²) >= 11 is 0. The van der Waals surface area contributed by atoms with E-state index in [1.165, 1.54) is 13.4 Å². The molecule has 0 aliphatic heterocycles. The third kappa shape index (κ3) is 5.01. The fourth-order valence-electron chi connectivity index (χ4n) is 3.51. The number of carbonyl (C=O) groups excluding carboxylic acids is 1. The van der Waals surface area contributed by atoms with E-state index in [9.17, 15) is 9.18 Å². The van der Waals surface area contributed by atoms with Crippen molar-refractivity contribution in [1.82, 2.24) is 30.0 Å². The molecule has 2 N–H and O–H groups in total. The summed E-state index contributed by atoms with van der Waals surface area (Å²) in [6, 6.07) is 15.0. The Labute approximate surface area is 196 Å². The van der Waals surface area contributed by atoms with Crippen LogP contribution in [-0.2, 0) is 13.6 Å². The normalized spacial score (nSPS) is 11.6. The van der Waals surface area contributed by atoms with Gasteiger partial charge in [0.1, 0.15) is 24.4 Å². The summed E-state index contributed by atoms with van der Waals surface area (Å²) in [6.07, 6.45) is 3.10. The summed E-state index contributed by atoms with van der Waals surface area (Å²) in [5, 5.41) is 14.4. The molecule has 0 saturated heterocycles. The van der Waals surface area contributed by atoms with E-state index in [0.717, 1.165) is 0 Å². The second kappa shape index (κ2) is 10.5. The van der Waals surface area contributed by atoms with Crippen LogP contribution in [0.25, 0.3) is 11.5 Å². The van der Waals surface area contributed by atoms with E-state index in [4.69, 9.17) is 4.74 Å². The quantitative estimate of drug-likeness (QED) is 0.394. The van der Waals surface area contributed by atoms with Crippen LogP contribution in [0.15, 0.2) is 67.1 Å². The number of ether oxygens (including phenoxy) is 1. The lowest BCUT2D eigenvalue weighted by molar-refractivity contribution is 0.0929. The maximum Gasteiger partial charge on any atom is 0.251 e. The van der Waals surface area contributed by atoms with Crippen molar-refractivity contribution in [1.29, 1.82) is 0 Å². The molecule has 2 aromatic carbocycles. The number of nitrogens with zero attached hydrogens (tertiary/aromatic N) is 5. The highest BCUT2D eigenvalue weighted by atomic mass is 19.1. The number of para-hydroxylation sites is 1. The highest BCUT2D eigenvalue weighted by molar-refractivity contribution is 5.95. The van der Waals surface area contributed by atoms with Gasteiger partial charge in [-0.25, -0.2) is 14.4 Å². The molecule has 2 aromatic heterocycles. The zero-order valence-electron chi connectivity index (χ0n) is 18.8. The van der Waals surface area contributed by atoms with Crippen LogP contribution in [-0.4, -0.2) is 44.4 Å². The molecule has 0 bridgehead atoms. The van der Waals surface area contributed by atoms with Gasteiger partial charge >= 0.3 is 0 Å². The van der Waals surface area contributed by atoms with Crippen molar-refractivity contribution in [3.8, 4) is 17.3 Å². The third-order valence-electron chi connectivity index (χ3n) is 5.33. The first-order valence-electron chi connectivity index (χ1n) is 10.6. The van der Waals surface area contributed by atoms with E-state index in [2.05, 4.69) is 30.8 Å². The molecule has 4 aromatic rings. The van der Waals surface area contributed by atoms with E-state index < -0.39 is 12.7 Å². The van der Waals surface area contributed by atoms with Crippen LogP contribution >= 0.6 is 0 Å². The van der Waals surface area contributed by atoms with Crippen molar-refractivity contribution < 1.29 is 13.9 Å². The van der Waals surface area contributed by atoms with E-state index in [-0.39, 0.29) is 5.91 Å². The van der Waals surface area contributed by atoms with Crippen LogP contribution in [0.1, 0.15) is 27.8 Å². The van der Waals surface area contributed by atoms with Crippen LogP contribution in [0.3, 0.4) is 0 Å². The van der Waals surface area contributed by atoms with Crippen LogP contribution in [0.2, 0.25) is 0 Å². The second-order valence-electron chi connectivity index (χ2n) is 7.45. The van der Waals surface area contributed by atoms with Gasteiger partial charge in [-0.1, -0.05) is 24.3 Å². The number of hydrogen-bond acceptors (Lipinski definition) is 7. The molecule has 0 aliphatic carbocycles. The van der Waals surface area contributed by atoms with Crippen molar-refractivity contribution in [2.45, 2.75) is 12.6 Å². The maximum atomic E-state index is 13.8. The predicted molar refractivity (Wildman–Crippen MR) is 125 cm³/mol. The Morgan fingerprint density at radius 2 is 2.00 bits per heavy atom. The first kappa shape index (κ1) is 22.8. The summed E-state index contributed by atoms with van der Waals surface area (Å²) < 4.78 is 20.9. The van der Waals surface area contributed by atoms with E-state index >= 15 is 0 Å². The molecule has 4 rings (SSSR count). The van der Waals surface area contributed by atoms with Crippen LogP contribution < -0.4 is 15.4 Å². The molecular formula is C24H24FN7O2. The summed E-state index contributed by atoms with van der Waals surface area (Å²) in [5.41, 5.74) is 2.37. The second-order valence-corrected chi connectivity index (χ2v) is 7.45. The molecule has 9 nitrogen and oxygen atoms in total. The molecule has 1 atom stereocenters. The maximum absolute atomic E-state index is 13.8. The molecule has 1 amide bonds. The summed E-state index contributed by atoms with van der Waals surface area (Å²) in [4.78, 5) is 21.0. The molecule has 174 valence electrons. The molecule has 0 unspecified atom stereocenters. The molecule has 0 aliphatic rings. The Bertz CT molecular complexity index is 1260. The smallest absolute Gasteiger partial charge is 0.251 e. The third-order valence-corrected chi connectivity index (χ3v) is 5.33. The molecule has 0 saturated carbocycles. The van der Waals surface area contributed by atoms with Crippen molar-refractivity contribution in [3.05, 3.63) is 84.1 Å². The zero-order chi connectivity index (χ0) is 23.9. The molecule has 0 fully saturated rings. The number of alkyl halides is 1. The Hall–Kier alpha value is -4.34. The molecule has 10 heteroatoms. The van der Waals surface area contributed by atoms with Gasteiger partial charge in [0, 0.05) is 30.1 Å². The number of anilines is 1. The van der Waals surface area contributed by atoms with Crippen molar-refractivity contribution in [2.75, 3.05) is 19.1 Å². The van der Waals surface area contributed by atoms with Crippen molar-refractivity contribution in [3.63, 3.8) is 0 Å². The van der Waals surface area contributed by atoms with Gasteiger partial charge in [0.05, 0.1) is 19.7 Å². The minimum Gasteiger partial charge on any atom is -0.496 e. The van der Waals surface area contributed by atoms with Gasteiger partial charge in [0.2, 0.25) is 0 Å². The Morgan fingerprint density at radius 3 is 2.76 bits per heavy atom. The standard InChI is InChI=1S/C24H24FN7O2/c1-32-22(30-31-23(32)19-10-11-26-15-28-19)14-27-17-7-5-6-16(12-17)24(33)29-20(13-25)18-8-3-4-9-21(18)34-2/h3-12,15,20,27H,13-14H2,1-2H3,(H,29,33)/t20-/m1/s1. The van der Waals surface area contributed by atoms with Gasteiger partial charge in [0.15, 0.2) is 11.6 Å². The lowest BCUT2D eigenvalue weighted by Crippen LogP contribution is -2.30. The Morgan fingerprint density at radius 1 is 1.15 bits per heavy atom. The molecule has 34 heavy (non-hydrogen) atoms. The zero-order valence-corrected chi connectivity index (χ0v) is 18.8. The lowest BCUT2D eigenvalue weighted by Gasteiger charge is -2.18. The predicted octanol–water partition coefficient (Wildman–Crippen LogP) is 3.33. The fraction of sp³-hybridized carbons (Fsp3) is 0.208. The van der Waals surface area contributed by atoms with Crippen LogP contribution in [0, 0.1) is 0 Å². The fourth-order valence-corrected chi connectivity index (χ4v) is 3.51. The van der Waals surface area contributed by atoms with Gasteiger partial charge in [0.25, 0.3) is 5.91 Å². The highest BCUT2D eigenvalue weighted by Crippen LogP contribution is 2.25. The number of benzene rings is 2. The van der Waals surface area contributed by atoms with Crippen LogP contribution in [0.5, 0.6) is 5.75 Å². The first-order valence-corrected chi connectivity index (χ1v) is 10.6. The number of aromatic nitrogens is 5.